The number of carbonyl (C=O) groups is 1. The number of hydrogen-bond acceptors (Lipinski definition) is 9. The summed E-state index contributed by atoms with van der Waals surface area (Å²) in [6.45, 7) is 9.68. The zero-order valence-electron chi connectivity index (χ0n) is 23.7. The molecule has 0 saturated carbocycles. The van der Waals surface area contributed by atoms with E-state index in [1.165, 1.54) is 19.6 Å². The third kappa shape index (κ3) is 11.4. The van der Waals surface area contributed by atoms with Gasteiger partial charge < -0.3 is 30.9 Å². The average molecular weight is 565 g/mol. The first-order chi connectivity index (χ1) is 18.6. The number of ether oxygens (including phenoxy) is 1. The van der Waals surface area contributed by atoms with Gasteiger partial charge >= 0.3 is 0 Å². The average Bonchev–Trinajstić information content (AvgIpc) is 3.37. The number of nitrogens with zero attached hydrogens (tertiary/aromatic N) is 3. The van der Waals surface area contributed by atoms with Crippen LogP contribution in [0, 0.1) is 4.91 Å². The number of methoxy groups -OCH3 is 1. The standard InChI is InChI=1S/C17H13ClN4O4.C6H16N2.C3H8.CH4O/c1-26-9-4-2-8(3-5-9)14-15(20-21-16(14)17(19)24)10-6-11(18)12(22-25)7-13(10)23;1-4-7-5-6-8(2)3;1-3-2;1-2/h2-7,23H,1H3,(H2,19,24)(H,20,21);7H,4-6H2,1-3H3;3H2,1-2H3;2H,1H3. The number of likely N-dealkylation sites (N-methyl/N-ethyl adjacent to an activating group) is 2. The Balaban J connectivity index is 0.000000936. The smallest absolute Gasteiger partial charge is 0.267 e. The molecule has 6 N–H and O–H groups in total. The van der Waals surface area contributed by atoms with Gasteiger partial charge in [-0.25, -0.2) is 0 Å². The number of nitrogens with one attached hydrogen (secondary N) is 2. The van der Waals surface area contributed by atoms with Gasteiger partial charge in [-0.05, 0) is 49.6 Å². The minimum absolute atomic E-state index is 0.0390. The Hall–Kier alpha value is -3.51. The van der Waals surface area contributed by atoms with Crippen molar-refractivity contribution in [3.8, 4) is 33.9 Å². The van der Waals surface area contributed by atoms with E-state index in [1.807, 2.05) is 0 Å². The first kappa shape index (κ1) is 35.5. The highest BCUT2D eigenvalue weighted by Crippen LogP contribution is 2.42. The van der Waals surface area contributed by atoms with Crippen molar-refractivity contribution >= 4 is 23.2 Å². The van der Waals surface area contributed by atoms with Crippen LogP contribution in [0.2, 0.25) is 5.02 Å². The molecular weight excluding hydrogens is 524 g/mol. The molecule has 0 radical (unpaired) electrons. The van der Waals surface area contributed by atoms with E-state index in [2.05, 4.69) is 60.5 Å². The summed E-state index contributed by atoms with van der Waals surface area (Å²) >= 11 is 6.01. The van der Waals surface area contributed by atoms with Crippen LogP contribution in [0.1, 0.15) is 37.7 Å². The number of rotatable bonds is 9. The molecule has 0 saturated heterocycles. The number of aromatic nitrogens is 2. The van der Waals surface area contributed by atoms with Crippen LogP contribution >= 0.6 is 11.6 Å². The number of carbonyl (C=O) groups excluding carboxylic acids is 1. The van der Waals surface area contributed by atoms with Crippen molar-refractivity contribution in [1.29, 1.82) is 0 Å². The van der Waals surface area contributed by atoms with Gasteiger partial charge in [0.2, 0.25) is 0 Å². The fourth-order valence-corrected chi connectivity index (χ4v) is 3.24. The van der Waals surface area contributed by atoms with Crippen LogP contribution in [-0.4, -0.2) is 79.2 Å². The van der Waals surface area contributed by atoms with Gasteiger partial charge in [0.05, 0.1) is 12.1 Å². The molecular formula is C27H41ClN6O5. The Morgan fingerprint density at radius 1 is 1.18 bits per heavy atom. The number of aliphatic hydroxyl groups excluding tert-OH is 1. The molecule has 1 heterocycles. The highest BCUT2D eigenvalue weighted by molar-refractivity contribution is 6.33. The lowest BCUT2D eigenvalue weighted by Gasteiger charge is -2.09. The van der Waals surface area contributed by atoms with Crippen LogP contribution in [0.3, 0.4) is 0 Å². The van der Waals surface area contributed by atoms with Crippen molar-refractivity contribution in [2.24, 2.45) is 10.9 Å². The molecule has 0 atom stereocenters. The Morgan fingerprint density at radius 3 is 2.23 bits per heavy atom. The second-order valence-corrected chi connectivity index (χ2v) is 8.60. The van der Waals surface area contributed by atoms with Crippen LogP contribution in [-0.2, 0) is 0 Å². The maximum atomic E-state index is 11.8. The third-order valence-electron chi connectivity index (χ3n) is 4.80. The highest BCUT2D eigenvalue weighted by atomic mass is 35.5. The van der Waals surface area contributed by atoms with Crippen LogP contribution in [0.15, 0.2) is 41.6 Å². The maximum absolute atomic E-state index is 11.8. The second-order valence-electron chi connectivity index (χ2n) is 8.19. The van der Waals surface area contributed by atoms with Crippen LogP contribution in [0.4, 0.5) is 5.69 Å². The number of phenols is 1. The van der Waals surface area contributed by atoms with Crippen LogP contribution < -0.4 is 15.8 Å². The van der Waals surface area contributed by atoms with Gasteiger partial charge in [-0.15, -0.1) is 4.91 Å². The van der Waals surface area contributed by atoms with E-state index in [1.54, 1.807) is 24.3 Å². The number of nitroso groups, excluding NO2 is 1. The van der Waals surface area contributed by atoms with Crippen LogP contribution in [0.5, 0.6) is 11.5 Å². The zero-order valence-corrected chi connectivity index (χ0v) is 24.5. The minimum Gasteiger partial charge on any atom is -0.507 e. The molecule has 11 nitrogen and oxygen atoms in total. The number of phenolic OH excluding ortho intramolecular Hbond substituents is 1. The third-order valence-corrected chi connectivity index (χ3v) is 5.10. The largest absolute Gasteiger partial charge is 0.507 e. The van der Waals surface area contributed by atoms with Gasteiger partial charge in [-0.2, -0.15) is 5.10 Å². The van der Waals surface area contributed by atoms with Crippen molar-refractivity contribution in [1.82, 2.24) is 20.4 Å². The molecule has 0 fully saturated rings. The van der Waals surface area contributed by atoms with Crippen molar-refractivity contribution < 1.29 is 19.7 Å². The minimum atomic E-state index is -0.716. The van der Waals surface area contributed by atoms with E-state index in [-0.39, 0.29) is 33.4 Å². The van der Waals surface area contributed by atoms with E-state index < -0.39 is 5.91 Å². The number of amides is 1. The Labute approximate surface area is 235 Å². The molecule has 2 aromatic carbocycles. The zero-order chi connectivity index (χ0) is 30.0. The molecule has 0 bridgehead atoms. The summed E-state index contributed by atoms with van der Waals surface area (Å²) in [5.74, 6) is -0.348. The van der Waals surface area contributed by atoms with Gasteiger partial charge in [-0.3, -0.25) is 9.89 Å². The number of aliphatic hydroxyl groups is 1. The number of aromatic hydroxyl groups is 1. The van der Waals surface area contributed by atoms with Gasteiger partial charge in [0.1, 0.15) is 28.6 Å². The Morgan fingerprint density at radius 2 is 1.77 bits per heavy atom. The molecule has 0 aliphatic carbocycles. The molecule has 0 unspecified atom stereocenters. The SMILES string of the molecule is CCC.CCNCCN(C)C.CO.COc1ccc(-c2c(-c3cc(Cl)c(N=O)cc3O)n[nH]c2C(N)=O)cc1. The van der Waals surface area contributed by atoms with Crippen molar-refractivity contribution in [2.75, 3.05) is 47.9 Å². The first-order valence-electron chi connectivity index (χ1n) is 12.3. The molecule has 39 heavy (non-hydrogen) atoms. The van der Waals surface area contributed by atoms with E-state index in [9.17, 15) is 14.8 Å². The van der Waals surface area contributed by atoms with E-state index in [0.717, 1.165) is 32.8 Å². The fourth-order valence-electron chi connectivity index (χ4n) is 3.04. The summed E-state index contributed by atoms with van der Waals surface area (Å²) < 4.78 is 5.13. The highest BCUT2D eigenvalue weighted by Gasteiger charge is 2.23. The molecule has 1 amide bonds. The monoisotopic (exact) mass is 564 g/mol. The lowest BCUT2D eigenvalue weighted by atomic mass is 9.97. The number of hydrogen-bond donors (Lipinski definition) is 5. The van der Waals surface area contributed by atoms with E-state index in [4.69, 9.17) is 27.2 Å². The molecule has 1 aromatic heterocycles. The Bertz CT molecular complexity index is 1140. The summed E-state index contributed by atoms with van der Waals surface area (Å²) in [5.41, 5.74) is 6.87. The quantitative estimate of drug-likeness (QED) is 0.183. The Kier molecular flexibility index (Phi) is 17.8. The van der Waals surface area contributed by atoms with Crippen molar-refractivity contribution in [2.45, 2.75) is 27.2 Å². The fraction of sp³-hybridized carbons (Fsp3) is 0.407. The lowest BCUT2D eigenvalue weighted by Crippen LogP contribution is -2.26. The molecule has 216 valence electrons. The van der Waals surface area contributed by atoms with Gasteiger partial charge in [0.25, 0.3) is 5.91 Å². The summed E-state index contributed by atoms with van der Waals surface area (Å²) in [4.78, 5) is 24.7. The van der Waals surface area contributed by atoms with E-state index in [0.29, 0.717) is 16.9 Å². The number of H-pyrrole nitrogens is 1. The van der Waals surface area contributed by atoms with Gasteiger partial charge in [-0.1, -0.05) is 50.9 Å². The summed E-state index contributed by atoms with van der Waals surface area (Å²) in [7, 11) is 6.70. The second kappa shape index (κ2) is 19.5. The predicted octanol–water partition coefficient (Wildman–Crippen LogP) is 4.79. The lowest BCUT2D eigenvalue weighted by molar-refractivity contribution is 0.0996. The van der Waals surface area contributed by atoms with Gasteiger partial charge in [0.15, 0.2) is 0 Å². The van der Waals surface area contributed by atoms with Crippen molar-refractivity contribution in [3.63, 3.8) is 0 Å². The number of benzene rings is 2. The number of halogens is 1. The molecule has 0 aliphatic heterocycles. The van der Waals surface area contributed by atoms with Gasteiger partial charge in [0, 0.05) is 37.4 Å². The van der Waals surface area contributed by atoms with E-state index >= 15 is 0 Å². The molecule has 0 spiro atoms. The topological polar surface area (TPSA) is 166 Å². The number of aromatic amines is 1. The summed E-state index contributed by atoms with van der Waals surface area (Å²) in [5, 5.41) is 30.0. The predicted molar refractivity (Wildman–Crippen MR) is 158 cm³/mol. The van der Waals surface area contributed by atoms with Crippen LogP contribution in [0.25, 0.3) is 22.4 Å². The molecule has 3 aromatic rings. The number of nitrogens with two attached hydrogens (primary N) is 1. The molecule has 12 heteroatoms. The normalized spacial score (nSPS) is 9.79. The summed E-state index contributed by atoms with van der Waals surface area (Å²) in [6.07, 6.45) is 1.25. The molecule has 3 rings (SSSR count). The summed E-state index contributed by atoms with van der Waals surface area (Å²) in [6, 6.07) is 9.34. The maximum Gasteiger partial charge on any atom is 0.267 e. The number of primary amides is 1. The first-order valence-corrected chi connectivity index (χ1v) is 12.7. The molecule has 0 aliphatic rings. The van der Waals surface area contributed by atoms with Crippen molar-refractivity contribution in [3.05, 3.63) is 52.0 Å².